The van der Waals surface area contributed by atoms with Gasteiger partial charge in [0.2, 0.25) is 5.91 Å². The molecule has 0 aromatic heterocycles. The molecule has 0 aliphatic carbocycles. The SMILES string of the molecule is N#Cc1ccc(N2CCN(Sc3ccc4c(c3)CC(=O)N4)CC2)cc1. The number of piperazine rings is 1. The Morgan fingerprint density at radius 3 is 2.52 bits per heavy atom. The molecular formula is C19H18N4OS. The molecule has 2 heterocycles. The summed E-state index contributed by atoms with van der Waals surface area (Å²) in [4.78, 5) is 15.0. The standard InChI is InChI=1S/C19H18N4OS/c20-13-14-1-3-16(4-2-14)22-7-9-23(10-8-22)25-17-5-6-18-15(11-17)12-19(24)21-18/h1-6,11H,7-10,12H2,(H,21,24). The fourth-order valence-corrected chi connectivity index (χ4v) is 4.16. The Labute approximate surface area is 151 Å². The molecule has 0 atom stereocenters. The minimum absolute atomic E-state index is 0.0770. The van der Waals surface area contributed by atoms with Gasteiger partial charge in [-0.25, -0.2) is 4.31 Å². The van der Waals surface area contributed by atoms with Crippen molar-refractivity contribution in [1.82, 2.24) is 4.31 Å². The molecule has 5 nitrogen and oxygen atoms in total. The minimum atomic E-state index is 0.0770. The smallest absolute Gasteiger partial charge is 0.228 e. The lowest BCUT2D eigenvalue weighted by atomic mass is 10.2. The van der Waals surface area contributed by atoms with Crippen molar-refractivity contribution in [1.29, 1.82) is 5.26 Å². The summed E-state index contributed by atoms with van der Waals surface area (Å²) in [5, 5.41) is 11.8. The molecule has 25 heavy (non-hydrogen) atoms. The van der Waals surface area contributed by atoms with Crippen LogP contribution in [0.2, 0.25) is 0 Å². The van der Waals surface area contributed by atoms with Crippen molar-refractivity contribution in [2.75, 3.05) is 36.4 Å². The van der Waals surface area contributed by atoms with Crippen LogP contribution in [0.5, 0.6) is 0 Å². The Morgan fingerprint density at radius 1 is 1.04 bits per heavy atom. The maximum absolute atomic E-state index is 11.5. The maximum Gasteiger partial charge on any atom is 0.228 e. The third-order valence-electron chi connectivity index (χ3n) is 4.54. The largest absolute Gasteiger partial charge is 0.369 e. The van der Waals surface area contributed by atoms with Crippen LogP contribution in [-0.2, 0) is 11.2 Å². The molecule has 0 unspecified atom stereocenters. The lowest BCUT2D eigenvalue weighted by molar-refractivity contribution is -0.115. The second-order valence-electron chi connectivity index (χ2n) is 6.21. The van der Waals surface area contributed by atoms with Crippen molar-refractivity contribution in [2.45, 2.75) is 11.3 Å². The second kappa shape index (κ2) is 6.79. The molecule has 126 valence electrons. The monoisotopic (exact) mass is 350 g/mol. The summed E-state index contributed by atoms with van der Waals surface area (Å²) in [6, 6.07) is 16.1. The summed E-state index contributed by atoms with van der Waals surface area (Å²) in [6.07, 6.45) is 0.482. The van der Waals surface area contributed by atoms with Crippen LogP contribution in [0.1, 0.15) is 11.1 Å². The fraction of sp³-hybridized carbons (Fsp3) is 0.263. The minimum Gasteiger partial charge on any atom is -0.369 e. The molecule has 1 fully saturated rings. The van der Waals surface area contributed by atoms with Gasteiger partial charge in [0.25, 0.3) is 0 Å². The predicted molar refractivity (Wildman–Crippen MR) is 99.6 cm³/mol. The topological polar surface area (TPSA) is 59.4 Å². The number of carbonyl (C=O) groups excluding carboxylic acids is 1. The number of fused-ring (bicyclic) bond motifs is 1. The third kappa shape index (κ3) is 3.48. The first kappa shape index (κ1) is 16.0. The summed E-state index contributed by atoms with van der Waals surface area (Å²) in [5.41, 5.74) is 3.90. The number of benzene rings is 2. The van der Waals surface area contributed by atoms with Gasteiger partial charge >= 0.3 is 0 Å². The van der Waals surface area contributed by atoms with E-state index in [4.69, 9.17) is 5.26 Å². The van der Waals surface area contributed by atoms with Crippen LogP contribution in [-0.4, -0.2) is 36.4 Å². The van der Waals surface area contributed by atoms with E-state index in [0.29, 0.717) is 12.0 Å². The first-order valence-corrected chi connectivity index (χ1v) is 9.09. The highest BCUT2D eigenvalue weighted by Crippen LogP contribution is 2.31. The molecule has 6 heteroatoms. The van der Waals surface area contributed by atoms with Crippen LogP contribution in [0.15, 0.2) is 47.4 Å². The zero-order chi connectivity index (χ0) is 17.2. The Morgan fingerprint density at radius 2 is 1.80 bits per heavy atom. The molecule has 2 aliphatic rings. The molecule has 2 aromatic carbocycles. The van der Waals surface area contributed by atoms with Crippen LogP contribution in [0.3, 0.4) is 0 Å². The van der Waals surface area contributed by atoms with Gasteiger partial charge in [-0.15, -0.1) is 0 Å². The van der Waals surface area contributed by atoms with Gasteiger partial charge in [-0.05, 0) is 60.0 Å². The number of hydrogen-bond donors (Lipinski definition) is 1. The van der Waals surface area contributed by atoms with E-state index >= 15 is 0 Å². The Balaban J connectivity index is 1.35. The van der Waals surface area contributed by atoms with Gasteiger partial charge in [0.1, 0.15) is 0 Å². The number of rotatable bonds is 3. The maximum atomic E-state index is 11.5. The van der Waals surface area contributed by atoms with E-state index in [-0.39, 0.29) is 5.91 Å². The average molecular weight is 350 g/mol. The van der Waals surface area contributed by atoms with Gasteiger partial charge in [0.05, 0.1) is 18.1 Å². The van der Waals surface area contributed by atoms with Gasteiger partial charge < -0.3 is 10.2 Å². The Hall–Kier alpha value is -2.49. The molecule has 0 bridgehead atoms. The summed E-state index contributed by atoms with van der Waals surface area (Å²) in [6.45, 7) is 3.87. The summed E-state index contributed by atoms with van der Waals surface area (Å²) < 4.78 is 2.37. The molecule has 4 rings (SSSR count). The number of amides is 1. The number of nitriles is 1. The van der Waals surface area contributed by atoms with Crippen molar-refractivity contribution in [3.63, 3.8) is 0 Å². The number of hydrogen-bond acceptors (Lipinski definition) is 5. The molecule has 2 aliphatic heterocycles. The van der Waals surface area contributed by atoms with E-state index in [1.54, 1.807) is 11.9 Å². The van der Waals surface area contributed by atoms with Crippen LogP contribution in [0.25, 0.3) is 0 Å². The molecule has 0 saturated carbocycles. The van der Waals surface area contributed by atoms with E-state index in [1.807, 2.05) is 30.3 Å². The van der Waals surface area contributed by atoms with Gasteiger partial charge in [-0.1, -0.05) is 0 Å². The van der Waals surface area contributed by atoms with Crippen molar-refractivity contribution in [3.05, 3.63) is 53.6 Å². The molecule has 1 N–H and O–H groups in total. The average Bonchev–Trinajstić information content (AvgIpc) is 3.02. The van der Waals surface area contributed by atoms with E-state index in [2.05, 4.69) is 32.7 Å². The molecule has 1 amide bonds. The lowest BCUT2D eigenvalue weighted by Crippen LogP contribution is -2.43. The first-order valence-electron chi connectivity index (χ1n) is 8.32. The molecule has 2 aromatic rings. The highest BCUT2D eigenvalue weighted by Gasteiger charge is 2.21. The Kier molecular flexibility index (Phi) is 4.35. The van der Waals surface area contributed by atoms with Crippen molar-refractivity contribution in [2.24, 2.45) is 0 Å². The van der Waals surface area contributed by atoms with E-state index in [1.165, 1.54) is 10.6 Å². The molecule has 0 radical (unpaired) electrons. The van der Waals surface area contributed by atoms with E-state index in [9.17, 15) is 4.79 Å². The number of nitrogens with zero attached hydrogens (tertiary/aromatic N) is 3. The molecule has 1 saturated heterocycles. The van der Waals surface area contributed by atoms with Gasteiger partial charge in [-0.3, -0.25) is 4.79 Å². The molecule has 0 spiro atoms. The number of carbonyl (C=O) groups is 1. The summed E-state index contributed by atoms with van der Waals surface area (Å²) in [7, 11) is 0. The zero-order valence-corrected chi connectivity index (χ0v) is 14.6. The number of nitrogens with one attached hydrogen (secondary N) is 1. The fourth-order valence-electron chi connectivity index (χ4n) is 3.20. The molecular weight excluding hydrogens is 332 g/mol. The summed E-state index contributed by atoms with van der Waals surface area (Å²) in [5.74, 6) is 0.0770. The normalized spacial score (nSPS) is 17.1. The van der Waals surface area contributed by atoms with Gasteiger partial charge in [0, 0.05) is 42.4 Å². The summed E-state index contributed by atoms with van der Waals surface area (Å²) >= 11 is 1.76. The van der Waals surface area contributed by atoms with E-state index in [0.717, 1.165) is 37.4 Å². The Bertz CT molecular complexity index is 835. The van der Waals surface area contributed by atoms with Gasteiger partial charge in [-0.2, -0.15) is 5.26 Å². The van der Waals surface area contributed by atoms with Crippen LogP contribution < -0.4 is 10.2 Å². The van der Waals surface area contributed by atoms with E-state index < -0.39 is 0 Å². The quantitative estimate of drug-likeness (QED) is 0.863. The van der Waals surface area contributed by atoms with Crippen molar-refractivity contribution < 1.29 is 4.79 Å². The van der Waals surface area contributed by atoms with Crippen LogP contribution in [0, 0.1) is 11.3 Å². The van der Waals surface area contributed by atoms with Crippen molar-refractivity contribution >= 4 is 29.2 Å². The lowest BCUT2D eigenvalue weighted by Gasteiger charge is -2.35. The van der Waals surface area contributed by atoms with Gasteiger partial charge in [0.15, 0.2) is 0 Å². The highest BCUT2D eigenvalue weighted by atomic mass is 32.2. The van der Waals surface area contributed by atoms with Crippen LogP contribution in [0.4, 0.5) is 11.4 Å². The van der Waals surface area contributed by atoms with Crippen LogP contribution >= 0.6 is 11.9 Å². The van der Waals surface area contributed by atoms with Crippen molar-refractivity contribution in [3.8, 4) is 6.07 Å². The highest BCUT2D eigenvalue weighted by molar-refractivity contribution is 7.97. The second-order valence-corrected chi connectivity index (χ2v) is 7.38. The zero-order valence-electron chi connectivity index (χ0n) is 13.7. The predicted octanol–water partition coefficient (Wildman–Crippen LogP) is 2.88. The number of anilines is 2. The first-order chi connectivity index (χ1) is 12.2. The third-order valence-corrected chi connectivity index (χ3v) is 5.62.